The number of nitrogens with zero attached hydrogens (tertiary/aromatic N) is 2. The van der Waals surface area contributed by atoms with Crippen LogP contribution in [0.2, 0.25) is 0 Å². The number of hydrogen-bond donors (Lipinski definition) is 4. The zero-order valence-corrected chi connectivity index (χ0v) is 11.4. The Morgan fingerprint density at radius 1 is 1.33 bits per heavy atom. The molecule has 21 heavy (non-hydrogen) atoms. The van der Waals surface area contributed by atoms with Gasteiger partial charge in [0.2, 0.25) is 5.95 Å². The molecule has 1 aromatic carbocycles. The topological polar surface area (TPSA) is 112 Å². The fourth-order valence-electron chi connectivity index (χ4n) is 2.14. The SMILES string of the molecule is Nc1ccc2nc(NCCCc3ncc[nH]3)[nH]c(=O)c2c1. The second kappa shape index (κ2) is 5.66. The average Bonchev–Trinajstić information content (AvgIpc) is 2.98. The lowest BCUT2D eigenvalue weighted by molar-refractivity contribution is 0.810. The van der Waals surface area contributed by atoms with Crippen LogP contribution in [0.4, 0.5) is 11.6 Å². The minimum absolute atomic E-state index is 0.194. The van der Waals surface area contributed by atoms with E-state index in [0.717, 1.165) is 18.7 Å². The highest BCUT2D eigenvalue weighted by Crippen LogP contribution is 2.12. The van der Waals surface area contributed by atoms with Gasteiger partial charge in [-0.2, -0.15) is 0 Å². The molecule has 0 aliphatic carbocycles. The molecule has 3 aromatic rings. The van der Waals surface area contributed by atoms with Gasteiger partial charge in [-0.05, 0) is 24.6 Å². The number of aromatic nitrogens is 4. The van der Waals surface area contributed by atoms with E-state index in [0.29, 0.717) is 29.1 Å². The molecule has 0 saturated carbocycles. The lowest BCUT2D eigenvalue weighted by Crippen LogP contribution is -2.14. The summed E-state index contributed by atoms with van der Waals surface area (Å²) in [4.78, 5) is 26.3. The van der Waals surface area contributed by atoms with Crippen LogP contribution in [0.1, 0.15) is 12.2 Å². The molecule has 0 atom stereocenters. The van der Waals surface area contributed by atoms with Crippen molar-refractivity contribution < 1.29 is 0 Å². The summed E-state index contributed by atoms with van der Waals surface area (Å²) in [5.41, 5.74) is 6.65. The zero-order valence-electron chi connectivity index (χ0n) is 11.4. The number of nitrogen functional groups attached to an aromatic ring is 1. The lowest BCUT2D eigenvalue weighted by Gasteiger charge is -2.06. The Labute approximate surface area is 120 Å². The summed E-state index contributed by atoms with van der Waals surface area (Å²) >= 11 is 0. The molecule has 0 unspecified atom stereocenters. The number of fused-ring (bicyclic) bond motifs is 1. The number of aromatic amines is 2. The molecule has 3 rings (SSSR count). The first-order chi connectivity index (χ1) is 10.2. The Balaban J connectivity index is 1.67. The average molecular weight is 284 g/mol. The van der Waals surface area contributed by atoms with Crippen LogP contribution < -0.4 is 16.6 Å². The maximum Gasteiger partial charge on any atom is 0.260 e. The number of imidazole rings is 1. The number of hydrogen-bond acceptors (Lipinski definition) is 5. The highest BCUT2D eigenvalue weighted by molar-refractivity contribution is 5.81. The number of benzene rings is 1. The molecule has 7 heteroatoms. The lowest BCUT2D eigenvalue weighted by atomic mass is 10.2. The molecule has 0 spiro atoms. The van der Waals surface area contributed by atoms with Gasteiger partial charge in [0.1, 0.15) is 5.82 Å². The minimum atomic E-state index is -0.194. The number of aryl methyl sites for hydroxylation is 1. The second-order valence-electron chi connectivity index (χ2n) is 4.76. The fraction of sp³-hybridized carbons (Fsp3) is 0.214. The third kappa shape index (κ3) is 3.02. The highest BCUT2D eigenvalue weighted by atomic mass is 16.1. The van der Waals surface area contributed by atoms with Crippen molar-refractivity contribution in [3.63, 3.8) is 0 Å². The van der Waals surface area contributed by atoms with Crippen LogP contribution in [-0.2, 0) is 6.42 Å². The number of anilines is 2. The van der Waals surface area contributed by atoms with Crippen LogP contribution in [-0.4, -0.2) is 26.5 Å². The summed E-state index contributed by atoms with van der Waals surface area (Å²) < 4.78 is 0. The number of rotatable bonds is 5. The van der Waals surface area contributed by atoms with Gasteiger partial charge in [-0.15, -0.1) is 0 Å². The van der Waals surface area contributed by atoms with Crippen molar-refractivity contribution in [3.05, 3.63) is 46.8 Å². The summed E-state index contributed by atoms with van der Waals surface area (Å²) in [6.07, 6.45) is 5.26. The molecule has 2 heterocycles. The van der Waals surface area contributed by atoms with Gasteiger partial charge in [-0.3, -0.25) is 9.78 Å². The molecule has 0 radical (unpaired) electrons. The van der Waals surface area contributed by atoms with E-state index in [9.17, 15) is 4.79 Å². The van der Waals surface area contributed by atoms with E-state index < -0.39 is 0 Å². The summed E-state index contributed by atoms with van der Waals surface area (Å²) in [5.74, 6) is 1.42. The standard InChI is InChI=1S/C14H16N6O/c15-9-3-4-11-10(8-9)13(21)20-14(19-11)18-5-1-2-12-16-6-7-17-12/h3-4,6-8H,1-2,5,15H2,(H,16,17)(H2,18,19,20,21). The van der Waals surface area contributed by atoms with Gasteiger partial charge >= 0.3 is 0 Å². The third-order valence-corrected chi connectivity index (χ3v) is 3.17. The molecular formula is C14H16N6O. The van der Waals surface area contributed by atoms with Crippen molar-refractivity contribution in [1.29, 1.82) is 0 Å². The molecule has 5 N–H and O–H groups in total. The van der Waals surface area contributed by atoms with E-state index in [2.05, 4.69) is 25.3 Å². The van der Waals surface area contributed by atoms with Gasteiger partial charge in [-0.1, -0.05) is 0 Å². The summed E-state index contributed by atoms with van der Waals surface area (Å²) in [6.45, 7) is 0.699. The maximum atomic E-state index is 12.0. The normalized spacial score (nSPS) is 10.9. The van der Waals surface area contributed by atoms with Gasteiger partial charge in [0.25, 0.3) is 5.56 Å². The van der Waals surface area contributed by atoms with Crippen molar-refractivity contribution in [2.75, 3.05) is 17.6 Å². The van der Waals surface area contributed by atoms with Crippen LogP contribution in [0.25, 0.3) is 10.9 Å². The van der Waals surface area contributed by atoms with E-state index in [1.54, 1.807) is 30.6 Å². The van der Waals surface area contributed by atoms with Gasteiger partial charge in [-0.25, -0.2) is 9.97 Å². The minimum Gasteiger partial charge on any atom is -0.399 e. The fourth-order valence-corrected chi connectivity index (χ4v) is 2.14. The predicted octanol–water partition coefficient (Wildman–Crippen LogP) is 1.27. The molecule has 2 aromatic heterocycles. The summed E-state index contributed by atoms with van der Waals surface area (Å²) in [7, 11) is 0. The molecule has 7 nitrogen and oxygen atoms in total. The van der Waals surface area contributed by atoms with Crippen molar-refractivity contribution >= 4 is 22.5 Å². The first kappa shape index (κ1) is 13.2. The van der Waals surface area contributed by atoms with E-state index >= 15 is 0 Å². The Bertz CT molecular complexity index is 793. The van der Waals surface area contributed by atoms with Crippen molar-refractivity contribution in [2.45, 2.75) is 12.8 Å². The van der Waals surface area contributed by atoms with Gasteiger partial charge in [0, 0.05) is 31.0 Å². The van der Waals surface area contributed by atoms with Crippen LogP contribution >= 0.6 is 0 Å². The van der Waals surface area contributed by atoms with Gasteiger partial charge in [0.05, 0.1) is 10.9 Å². The first-order valence-electron chi connectivity index (χ1n) is 6.74. The molecule has 0 aliphatic heterocycles. The highest BCUT2D eigenvalue weighted by Gasteiger charge is 2.04. The first-order valence-corrected chi connectivity index (χ1v) is 6.74. The molecule has 0 fully saturated rings. The number of H-pyrrole nitrogens is 2. The van der Waals surface area contributed by atoms with Gasteiger partial charge in [0.15, 0.2) is 0 Å². The Kier molecular flexibility index (Phi) is 3.55. The molecule has 0 bridgehead atoms. The maximum absolute atomic E-state index is 12.0. The van der Waals surface area contributed by atoms with E-state index in [-0.39, 0.29) is 5.56 Å². The molecule has 108 valence electrons. The second-order valence-corrected chi connectivity index (χ2v) is 4.76. The van der Waals surface area contributed by atoms with E-state index in [4.69, 9.17) is 5.73 Å². The summed E-state index contributed by atoms with van der Waals surface area (Å²) in [6, 6.07) is 5.10. The Hall–Kier alpha value is -2.83. The Morgan fingerprint density at radius 2 is 2.24 bits per heavy atom. The van der Waals surface area contributed by atoms with Crippen LogP contribution in [0.5, 0.6) is 0 Å². The smallest absolute Gasteiger partial charge is 0.260 e. The van der Waals surface area contributed by atoms with Crippen molar-refractivity contribution in [3.8, 4) is 0 Å². The third-order valence-electron chi connectivity index (χ3n) is 3.17. The van der Waals surface area contributed by atoms with Crippen molar-refractivity contribution in [2.24, 2.45) is 0 Å². The van der Waals surface area contributed by atoms with Crippen molar-refractivity contribution in [1.82, 2.24) is 19.9 Å². The number of nitrogens with two attached hydrogens (primary N) is 1. The largest absolute Gasteiger partial charge is 0.399 e. The quantitative estimate of drug-likeness (QED) is 0.416. The zero-order chi connectivity index (χ0) is 14.7. The molecule has 0 aliphatic rings. The van der Waals surface area contributed by atoms with Gasteiger partial charge < -0.3 is 16.0 Å². The van der Waals surface area contributed by atoms with Crippen LogP contribution in [0, 0.1) is 0 Å². The predicted molar refractivity (Wildman–Crippen MR) is 82.2 cm³/mol. The monoisotopic (exact) mass is 284 g/mol. The Morgan fingerprint density at radius 3 is 3.05 bits per heavy atom. The van der Waals surface area contributed by atoms with E-state index in [1.807, 2.05) is 0 Å². The molecular weight excluding hydrogens is 268 g/mol. The number of nitrogens with one attached hydrogen (secondary N) is 3. The molecule has 0 saturated heterocycles. The van der Waals surface area contributed by atoms with Crippen LogP contribution in [0.15, 0.2) is 35.4 Å². The van der Waals surface area contributed by atoms with Crippen LogP contribution in [0.3, 0.4) is 0 Å². The van der Waals surface area contributed by atoms with E-state index in [1.165, 1.54) is 0 Å². The molecule has 0 amide bonds. The summed E-state index contributed by atoms with van der Waals surface area (Å²) in [5, 5.41) is 3.61.